The lowest BCUT2D eigenvalue weighted by Crippen LogP contribution is -1.85. The second kappa shape index (κ2) is 4.35. The molecule has 0 fully saturated rings. The first-order valence-corrected chi connectivity index (χ1v) is 7.10. The molecule has 0 spiro atoms. The van der Waals surface area contributed by atoms with Gasteiger partial charge in [0, 0.05) is 0 Å². The van der Waals surface area contributed by atoms with Crippen LogP contribution < -0.4 is 0 Å². The molecule has 0 nitrogen and oxygen atoms in total. The van der Waals surface area contributed by atoms with Crippen molar-refractivity contribution in [1.82, 2.24) is 0 Å². The van der Waals surface area contributed by atoms with Crippen molar-refractivity contribution in [2.75, 3.05) is 0 Å². The minimum Gasteiger partial charge on any atom is -0.0622 e. The molecule has 0 aliphatic heterocycles. The zero-order valence-corrected chi connectivity index (χ0v) is 11.6. The van der Waals surface area contributed by atoms with Crippen molar-refractivity contribution < 1.29 is 0 Å². The summed E-state index contributed by atoms with van der Waals surface area (Å²) in [5, 5.41) is 0. The van der Waals surface area contributed by atoms with E-state index in [0.29, 0.717) is 0 Å². The monoisotopic (exact) mass is 256 g/mol. The lowest BCUT2D eigenvalue weighted by molar-refractivity contribution is 1.22. The fourth-order valence-corrected chi connectivity index (χ4v) is 3.19. The Balaban J connectivity index is 1.85. The fraction of sp³-hybridized carbons (Fsp3) is 0.100. The molecule has 0 saturated heterocycles. The SMILES string of the molecule is Cc1cccc2c1Cc1cc(-c3ccccc3)ccc1-2. The van der Waals surface area contributed by atoms with Crippen LogP contribution in [0.2, 0.25) is 0 Å². The number of benzene rings is 3. The van der Waals surface area contributed by atoms with Crippen molar-refractivity contribution in [3.05, 3.63) is 83.4 Å². The Kier molecular flexibility index (Phi) is 2.50. The summed E-state index contributed by atoms with van der Waals surface area (Å²) in [4.78, 5) is 0. The highest BCUT2D eigenvalue weighted by atomic mass is 14.2. The maximum absolute atomic E-state index is 2.35. The largest absolute Gasteiger partial charge is 0.0622 e. The topological polar surface area (TPSA) is 0 Å². The van der Waals surface area contributed by atoms with Crippen LogP contribution in [0.1, 0.15) is 16.7 Å². The molecule has 0 bridgehead atoms. The van der Waals surface area contributed by atoms with Gasteiger partial charge in [0.2, 0.25) is 0 Å². The van der Waals surface area contributed by atoms with E-state index in [-0.39, 0.29) is 0 Å². The van der Waals surface area contributed by atoms with Crippen molar-refractivity contribution in [3.8, 4) is 22.3 Å². The molecule has 3 aromatic carbocycles. The molecule has 0 amide bonds. The van der Waals surface area contributed by atoms with Crippen LogP contribution in [0.4, 0.5) is 0 Å². The molecular weight excluding hydrogens is 240 g/mol. The van der Waals surface area contributed by atoms with Crippen molar-refractivity contribution in [2.24, 2.45) is 0 Å². The van der Waals surface area contributed by atoms with Crippen LogP contribution in [0.25, 0.3) is 22.3 Å². The molecular formula is C20H16. The van der Waals surface area contributed by atoms with Gasteiger partial charge in [0.1, 0.15) is 0 Å². The zero-order valence-electron chi connectivity index (χ0n) is 11.6. The van der Waals surface area contributed by atoms with E-state index in [2.05, 4.69) is 73.7 Å². The molecule has 20 heavy (non-hydrogen) atoms. The summed E-state index contributed by atoms with van der Waals surface area (Å²) in [5.41, 5.74) is 9.78. The smallest absolute Gasteiger partial charge is 0.00106 e. The molecule has 0 aromatic heterocycles. The van der Waals surface area contributed by atoms with Crippen molar-refractivity contribution >= 4 is 0 Å². The van der Waals surface area contributed by atoms with Crippen molar-refractivity contribution in [1.29, 1.82) is 0 Å². The van der Waals surface area contributed by atoms with E-state index in [1.165, 1.54) is 38.9 Å². The lowest BCUT2D eigenvalue weighted by atomic mass is 9.99. The van der Waals surface area contributed by atoms with E-state index in [4.69, 9.17) is 0 Å². The predicted molar refractivity (Wildman–Crippen MR) is 84.9 cm³/mol. The van der Waals surface area contributed by atoms with E-state index in [1.54, 1.807) is 0 Å². The number of aryl methyl sites for hydroxylation is 1. The second-order valence-electron chi connectivity index (χ2n) is 5.52. The summed E-state index contributed by atoms with van der Waals surface area (Å²) in [7, 11) is 0. The van der Waals surface area contributed by atoms with Crippen LogP contribution in [-0.4, -0.2) is 0 Å². The first kappa shape index (κ1) is 11.5. The third kappa shape index (κ3) is 1.69. The van der Waals surface area contributed by atoms with E-state index >= 15 is 0 Å². The molecule has 96 valence electrons. The second-order valence-corrected chi connectivity index (χ2v) is 5.52. The first-order chi connectivity index (χ1) is 9.83. The average molecular weight is 256 g/mol. The predicted octanol–water partition coefficient (Wildman–Crippen LogP) is 5.23. The van der Waals surface area contributed by atoms with Crippen LogP contribution >= 0.6 is 0 Å². The summed E-state index contributed by atoms with van der Waals surface area (Å²) in [6.07, 6.45) is 1.07. The van der Waals surface area contributed by atoms with Gasteiger partial charge in [-0.25, -0.2) is 0 Å². The Bertz CT molecular complexity index is 782. The van der Waals surface area contributed by atoms with Gasteiger partial charge in [-0.1, -0.05) is 66.7 Å². The summed E-state index contributed by atoms with van der Waals surface area (Å²) in [6, 6.07) is 24.1. The molecule has 0 heteroatoms. The highest BCUT2D eigenvalue weighted by molar-refractivity contribution is 5.81. The number of fused-ring (bicyclic) bond motifs is 3. The summed E-state index contributed by atoms with van der Waals surface area (Å²) in [6.45, 7) is 2.21. The van der Waals surface area contributed by atoms with Gasteiger partial charge in [-0.05, 0) is 52.3 Å². The highest BCUT2D eigenvalue weighted by Gasteiger charge is 2.19. The Hall–Kier alpha value is -2.34. The number of rotatable bonds is 1. The number of hydrogen-bond acceptors (Lipinski definition) is 0. The van der Waals surface area contributed by atoms with Crippen molar-refractivity contribution in [2.45, 2.75) is 13.3 Å². The van der Waals surface area contributed by atoms with Gasteiger partial charge >= 0.3 is 0 Å². The molecule has 0 unspecified atom stereocenters. The molecule has 0 saturated carbocycles. The van der Waals surface area contributed by atoms with Gasteiger partial charge < -0.3 is 0 Å². The molecule has 1 aliphatic carbocycles. The summed E-state index contributed by atoms with van der Waals surface area (Å²) >= 11 is 0. The lowest BCUT2D eigenvalue weighted by Gasteiger charge is -2.05. The van der Waals surface area contributed by atoms with Gasteiger partial charge in [0.15, 0.2) is 0 Å². The molecule has 0 atom stereocenters. The van der Waals surface area contributed by atoms with E-state index in [0.717, 1.165) is 6.42 Å². The molecule has 3 aromatic rings. The molecule has 0 N–H and O–H groups in total. The molecule has 4 rings (SSSR count). The van der Waals surface area contributed by atoms with Gasteiger partial charge in [0.05, 0.1) is 0 Å². The van der Waals surface area contributed by atoms with Gasteiger partial charge in [0.25, 0.3) is 0 Å². The summed E-state index contributed by atoms with van der Waals surface area (Å²) < 4.78 is 0. The number of hydrogen-bond donors (Lipinski definition) is 0. The third-order valence-electron chi connectivity index (χ3n) is 4.28. The summed E-state index contributed by atoms with van der Waals surface area (Å²) in [5.74, 6) is 0. The van der Waals surface area contributed by atoms with E-state index in [9.17, 15) is 0 Å². The molecule has 0 radical (unpaired) electrons. The van der Waals surface area contributed by atoms with E-state index < -0.39 is 0 Å². The van der Waals surface area contributed by atoms with Crippen LogP contribution in [0.5, 0.6) is 0 Å². The van der Waals surface area contributed by atoms with Crippen LogP contribution in [0.3, 0.4) is 0 Å². The Morgan fingerprint density at radius 2 is 1.55 bits per heavy atom. The van der Waals surface area contributed by atoms with Crippen LogP contribution in [0, 0.1) is 6.92 Å². The van der Waals surface area contributed by atoms with Crippen molar-refractivity contribution in [3.63, 3.8) is 0 Å². The fourth-order valence-electron chi connectivity index (χ4n) is 3.19. The Morgan fingerprint density at radius 3 is 2.40 bits per heavy atom. The zero-order chi connectivity index (χ0) is 13.5. The van der Waals surface area contributed by atoms with E-state index in [1.807, 2.05) is 0 Å². The quantitative estimate of drug-likeness (QED) is 0.437. The maximum atomic E-state index is 2.35. The molecule has 0 heterocycles. The van der Waals surface area contributed by atoms with Crippen LogP contribution in [0.15, 0.2) is 66.7 Å². The molecule has 1 aliphatic rings. The minimum atomic E-state index is 1.07. The van der Waals surface area contributed by atoms with Gasteiger partial charge in [-0.15, -0.1) is 0 Å². The maximum Gasteiger partial charge on any atom is -0.00106 e. The Labute approximate surface area is 119 Å². The van der Waals surface area contributed by atoms with Gasteiger partial charge in [-0.3, -0.25) is 0 Å². The van der Waals surface area contributed by atoms with Gasteiger partial charge in [-0.2, -0.15) is 0 Å². The third-order valence-corrected chi connectivity index (χ3v) is 4.28. The normalized spacial score (nSPS) is 12.1. The minimum absolute atomic E-state index is 1.07. The highest BCUT2D eigenvalue weighted by Crippen LogP contribution is 2.39. The average Bonchev–Trinajstić information content (AvgIpc) is 2.87. The Morgan fingerprint density at radius 1 is 0.700 bits per heavy atom. The van der Waals surface area contributed by atoms with Crippen LogP contribution in [-0.2, 0) is 6.42 Å². The standard InChI is InChI=1S/C20H16/c1-14-6-5-9-19-18-11-10-16(12-17(18)13-20(14)19)15-7-3-2-4-8-15/h2-12H,13H2,1H3. The first-order valence-electron chi connectivity index (χ1n) is 7.10.